The van der Waals surface area contributed by atoms with Gasteiger partial charge in [-0.2, -0.15) is 11.8 Å². The van der Waals surface area contributed by atoms with Crippen LogP contribution in [0.25, 0.3) is 0 Å². The highest BCUT2D eigenvalue weighted by atomic mass is 127. The van der Waals surface area contributed by atoms with Crippen molar-refractivity contribution in [2.75, 3.05) is 38.2 Å². The molecule has 0 atom stereocenters. The molecule has 2 aliphatic rings. The maximum Gasteiger partial charge on any atom is 0.193 e. The smallest absolute Gasteiger partial charge is 0.193 e. The third kappa shape index (κ3) is 4.69. The second kappa shape index (κ2) is 8.60. The minimum absolute atomic E-state index is 0. The van der Waals surface area contributed by atoms with Crippen molar-refractivity contribution in [2.45, 2.75) is 39.0 Å². The minimum atomic E-state index is 0. The number of hydrogen-bond donors (Lipinski definition) is 1. The molecule has 0 amide bonds. The molecule has 0 unspecified atom stereocenters. The van der Waals surface area contributed by atoms with Crippen LogP contribution in [0.5, 0.6) is 0 Å². The van der Waals surface area contributed by atoms with Gasteiger partial charge in [-0.15, -0.1) is 24.0 Å². The average Bonchev–Trinajstić information content (AvgIpc) is 2.78. The lowest BCUT2D eigenvalue weighted by Crippen LogP contribution is -2.42. The molecule has 2 fully saturated rings. The van der Waals surface area contributed by atoms with Crippen molar-refractivity contribution in [3.05, 3.63) is 0 Å². The molecule has 1 heterocycles. The van der Waals surface area contributed by atoms with Gasteiger partial charge in [0.15, 0.2) is 5.96 Å². The Kier molecular flexibility index (Phi) is 7.87. The molecule has 1 saturated carbocycles. The van der Waals surface area contributed by atoms with Crippen LogP contribution in [-0.4, -0.2) is 49.0 Å². The fraction of sp³-hybridized carbons (Fsp3) is 0.929. The summed E-state index contributed by atoms with van der Waals surface area (Å²) in [6.45, 7) is 6.54. The summed E-state index contributed by atoms with van der Waals surface area (Å²) < 4.78 is 0. The van der Waals surface area contributed by atoms with E-state index in [2.05, 4.69) is 23.4 Å². The predicted octanol–water partition coefficient (Wildman–Crippen LogP) is 3.20. The number of nitrogens with one attached hydrogen (secondary N) is 1. The fourth-order valence-corrected chi connectivity index (χ4v) is 3.44. The van der Waals surface area contributed by atoms with Gasteiger partial charge in [-0.1, -0.05) is 6.42 Å². The quantitative estimate of drug-likeness (QED) is 0.334. The third-order valence-corrected chi connectivity index (χ3v) is 4.95. The van der Waals surface area contributed by atoms with Crippen LogP contribution in [0, 0.1) is 5.41 Å². The maximum absolute atomic E-state index is 4.78. The van der Waals surface area contributed by atoms with E-state index >= 15 is 0 Å². The first-order chi connectivity index (χ1) is 8.79. The van der Waals surface area contributed by atoms with E-state index < -0.39 is 0 Å². The average molecular weight is 397 g/mol. The van der Waals surface area contributed by atoms with E-state index in [0.29, 0.717) is 5.41 Å². The van der Waals surface area contributed by atoms with Gasteiger partial charge in [-0.05, 0) is 50.0 Å². The minimum Gasteiger partial charge on any atom is -0.357 e. The summed E-state index contributed by atoms with van der Waals surface area (Å²) in [6, 6.07) is 0. The SMILES string of the molecule is CCNC(=NCCCSC)N1CCC2(CCC2)C1.I. The van der Waals surface area contributed by atoms with E-state index in [0.717, 1.165) is 19.0 Å². The molecule has 112 valence electrons. The Balaban J connectivity index is 0.00000180. The fourth-order valence-electron chi connectivity index (χ4n) is 3.02. The molecule has 1 saturated heterocycles. The lowest BCUT2D eigenvalue weighted by atomic mass is 9.68. The summed E-state index contributed by atoms with van der Waals surface area (Å²) in [5.74, 6) is 2.37. The Morgan fingerprint density at radius 2 is 2.16 bits per heavy atom. The van der Waals surface area contributed by atoms with E-state index in [9.17, 15) is 0 Å². The molecule has 0 aromatic heterocycles. The van der Waals surface area contributed by atoms with Gasteiger partial charge in [0, 0.05) is 26.2 Å². The summed E-state index contributed by atoms with van der Waals surface area (Å²) in [5, 5.41) is 3.46. The van der Waals surface area contributed by atoms with Crippen molar-refractivity contribution < 1.29 is 0 Å². The van der Waals surface area contributed by atoms with Gasteiger partial charge < -0.3 is 10.2 Å². The Bertz CT molecular complexity index is 292. The zero-order valence-electron chi connectivity index (χ0n) is 12.3. The van der Waals surface area contributed by atoms with Gasteiger partial charge in [0.25, 0.3) is 0 Å². The lowest BCUT2D eigenvalue weighted by molar-refractivity contribution is 0.151. The largest absolute Gasteiger partial charge is 0.357 e. The van der Waals surface area contributed by atoms with Gasteiger partial charge in [0.2, 0.25) is 0 Å². The molecule has 0 aromatic rings. The van der Waals surface area contributed by atoms with Gasteiger partial charge in [0.1, 0.15) is 0 Å². The van der Waals surface area contributed by atoms with Crippen LogP contribution in [0.15, 0.2) is 4.99 Å². The van der Waals surface area contributed by atoms with Crippen molar-refractivity contribution in [1.82, 2.24) is 10.2 Å². The topological polar surface area (TPSA) is 27.6 Å². The number of halogens is 1. The molecule has 3 nitrogen and oxygen atoms in total. The standard InChI is InChI=1S/C14H27N3S.HI/c1-3-15-13(16-9-5-11-18-2)17-10-8-14(12-17)6-4-7-14;/h3-12H2,1-2H3,(H,15,16);1H. The molecular weight excluding hydrogens is 369 g/mol. The molecule has 2 rings (SSSR count). The molecular formula is C14H28IN3S. The summed E-state index contributed by atoms with van der Waals surface area (Å²) in [7, 11) is 0. The Morgan fingerprint density at radius 1 is 1.37 bits per heavy atom. The zero-order valence-corrected chi connectivity index (χ0v) is 15.4. The van der Waals surface area contributed by atoms with E-state index in [4.69, 9.17) is 4.99 Å². The normalized spacial score (nSPS) is 21.2. The second-order valence-electron chi connectivity index (χ2n) is 5.61. The summed E-state index contributed by atoms with van der Waals surface area (Å²) in [4.78, 5) is 7.26. The molecule has 1 aliphatic heterocycles. The molecule has 0 radical (unpaired) electrons. The number of guanidine groups is 1. The number of thioether (sulfide) groups is 1. The highest BCUT2D eigenvalue weighted by molar-refractivity contribution is 14.0. The maximum atomic E-state index is 4.78. The van der Waals surface area contributed by atoms with E-state index in [1.807, 2.05) is 11.8 Å². The highest BCUT2D eigenvalue weighted by Gasteiger charge is 2.43. The molecule has 1 aliphatic carbocycles. The van der Waals surface area contributed by atoms with Crippen molar-refractivity contribution in [3.8, 4) is 0 Å². The Morgan fingerprint density at radius 3 is 2.68 bits per heavy atom. The Labute approximate surface area is 139 Å². The first-order valence-corrected chi connectivity index (χ1v) is 8.71. The zero-order chi connectivity index (χ0) is 12.8. The second-order valence-corrected chi connectivity index (χ2v) is 6.59. The molecule has 0 bridgehead atoms. The Hall–Kier alpha value is 0.350. The van der Waals surface area contributed by atoms with Gasteiger partial charge >= 0.3 is 0 Å². The number of hydrogen-bond acceptors (Lipinski definition) is 2. The van der Waals surface area contributed by atoms with Crippen LogP contribution < -0.4 is 5.32 Å². The van der Waals surface area contributed by atoms with Crippen LogP contribution in [0.2, 0.25) is 0 Å². The summed E-state index contributed by atoms with van der Waals surface area (Å²) in [5.41, 5.74) is 0.662. The number of aliphatic imine (C=N–C) groups is 1. The van der Waals surface area contributed by atoms with Crippen molar-refractivity contribution >= 4 is 41.7 Å². The van der Waals surface area contributed by atoms with E-state index in [-0.39, 0.29) is 24.0 Å². The predicted molar refractivity (Wildman–Crippen MR) is 96.9 cm³/mol. The van der Waals surface area contributed by atoms with Crippen LogP contribution in [0.3, 0.4) is 0 Å². The van der Waals surface area contributed by atoms with E-state index in [1.165, 1.54) is 50.9 Å². The summed E-state index contributed by atoms with van der Waals surface area (Å²) in [6.07, 6.45) is 9.05. The first-order valence-electron chi connectivity index (χ1n) is 7.32. The lowest BCUT2D eigenvalue weighted by Gasteiger charge is -2.38. The van der Waals surface area contributed by atoms with Crippen LogP contribution >= 0.6 is 35.7 Å². The first kappa shape index (κ1) is 17.4. The van der Waals surface area contributed by atoms with Crippen molar-refractivity contribution in [3.63, 3.8) is 0 Å². The third-order valence-electron chi connectivity index (χ3n) is 4.26. The van der Waals surface area contributed by atoms with Gasteiger partial charge in [0.05, 0.1) is 0 Å². The van der Waals surface area contributed by atoms with Crippen molar-refractivity contribution in [2.24, 2.45) is 10.4 Å². The highest BCUT2D eigenvalue weighted by Crippen LogP contribution is 2.47. The summed E-state index contributed by atoms with van der Waals surface area (Å²) >= 11 is 1.91. The molecule has 1 N–H and O–H groups in total. The van der Waals surface area contributed by atoms with Crippen LogP contribution in [-0.2, 0) is 0 Å². The number of rotatable bonds is 5. The van der Waals surface area contributed by atoms with Gasteiger partial charge in [-0.3, -0.25) is 4.99 Å². The number of likely N-dealkylation sites (tertiary alicyclic amines) is 1. The van der Waals surface area contributed by atoms with E-state index in [1.54, 1.807) is 0 Å². The monoisotopic (exact) mass is 397 g/mol. The van der Waals surface area contributed by atoms with Crippen LogP contribution in [0.1, 0.15) is 39.0 Å². The molecule has 19 heavy (non-hydrogen) atoms. The van der Waals surface area contributed by atoms with Crippen molar-refractivity contribution in [1.29, 1.82) is 0 Å². The van der Waals surface area contributed by atoms with Crippen LogP contribution in [0.4, 0.5) is 0 Å². The molecule has 0 aromatic carbocycles. The van der Waals surface area contributed by atoms with Gasteiger partial charge in [-0.25, -0.2) is 0 Å². The molecule has 5 heteroatoms. The number of nitrogens with zero attached hydrogens (tertiary/aromatic N) is 2. The molecule has 1 spiro atoms.